The van der Waals surface area contributed by atoms with Crippen LogP contribution in [0.2, 0.25) is 0 Å². The molecule has 1 amide bonds. The van der Waals surface area contributed by atoms with E-state index in [2.05, 4.69) is 0 Å². The summed E-state index contributed by atoms with van der Waals surface area (Å²) < 4.78 is 32.4. The van der Waals surface area contributed by atoms with Crippen molar-refractivity contribution >= 4 is 16.0 Å². The molecule has 1 fully saturated rings. The van der Waals surface area contributed by atoms with E-state index in [1.807, 2.05) is 12.2 Å². The smallest absolute Gasteiger partial charge is 0.748 e. The molecule has 1 saturated heterocycles. The Balaban J connectivity index is 0.00000200. The van der Waals surface area contributed by atoms with E-state index in [0.29, 0.717) is 0 Å². The van der Waals surface area contributed by atoms with E-state index >= 15 is 0 Å². The molecule has 0 N–H and O–H groups in total. The summed E-state index contributed by atoms with van der Waals surface area (Å²) in [5, 5.41) is 0. The fraction of sp³-hybridized carbons (Fsp3) is 0.769. The second-order valence-electron chi connectivity index (χ2n) is 5.76. The van der Waals surface area contributed by atoms with E-state index < -0.39 is 21.4 Å². The van der Waals surface area contributed by atoms with E-state index in [1.54, 1.807) is 7.05 Å². The maximum Gasteiger partial charge on any atom is 1.00 e. The van der Waals surface area contributed by atoms with Crippen molar-refractivity contribution in [3.63, 3.8) is 0 Å². The van der Waals surface area contributed by atoms with Gasteiger partial charge in [-0.25, -0.2) is 17.7 Å². The molecule has 0 aromatic carbocycles. The molecular weight excluding hydrogens is 289 g/mol. The van der Waals surface area contributed by atoms with Crippen LogP contribution in [0.3, 0.4) is 0 Å². The molecule has 2 atom stereocenters. The van der Waals surface area contributed by atoms with Crippen LogP contribution in [-0.2, 0) is 14.9 Å². The van der Waals surface area contributed by atoms with Gasteiger partial charge in [-0.05, 0) is 25.3 Å². The Labute approximate surface area is 143 Å². The number of hydrogen-bond donors (Lipinski definition) is 0. The minimum absolute atomic E-state index is 0. The summed E-state index contributed by atoms with van der Waals surface area (Å²) >= 11 is 0. The van der Waals surface area contributed by atoms with Gasteiger partial charge in [0.1, 0.15) is 10.1 Å². The predicted octanol–water partition coefficient (Wildman–Crippen LogP) is -1.83. The minimum Gasteiger partial charge on any atom is -0.748 e. The molecule has 0 aromatic rings. The molecule has 20 heavy (non-hydrogen) atoms. The first-order valence-corrected chi connectivity index (χ1v) is 8.41. The third-order valence-electron chi connectivity index (χ3n) is 4.51. The third kappa shape index (κ3) is 3.54. The molecule has 2 unspecified atom stereocenters. The summed E-state index contributed by atoms with van der Waals surface area (Å²) in [4.78, 5) is 12.2. The first kappa shape index (κ1) is 18.3. The number of carbonyl (C=O) groups is 1. The van der Waals surface area contributed by atoms with E-state index in [9.17, 15) is 17.8 Å². The summed E-state index contributed by atoms with van der Waals surface area (Å²) in [6, 6.07) is 0. The van der Waals surface area contributed by atoms with Gasteiger partial charge in [-0.3, -0.25) is 0 Å². The molecule has 0 radical (unpaired) electrons. The number of amides is 1. The number of rotatable bonds is 3. The Morgan fingerprint density at radius 3 is 2.60 bits per heavy atom. The molecule has 0 aromatic heterocycles. The average molecular weight is 310 g/mol. The summed E-state index contributed by atoms with van der Waals surface area (Å²) in [6.45, 7) is 0.0923. The molecule has 1 aliphatic heterocycles. The number of allylic oxidation sites excluding steroid dienone is 1. The molecule has 0 bridgehead atoms. The molecule has 1 aliphatic carbocycles. The van der Waals surface area contributed by atoms with Crippen molar-refractivity contribution < 1.29 is 51.8 Å². The van der Waals surface area contributed by atoms with E-state index in [1.165, 1.54) is 6.42 Å². The molecule has 5 nitrogen and oxygen atoms in total. The van der Waals surface area contributed by atoms with Crippen LogP contribution in [-0.4, -0.2) is 48.2 Å². The number of quaternary nitrogens is 1. The van der Waals surface area contributed by atoms with Crippen LogP contribution in [0, 0.1) is 0 Å². The van der Waals surface area contributed by atoms with Crippen LogP contribution in [0.15, 0.2) is 12.2 Å². The van der Waals surface area contributed by atoms with Crippen LogP contribution < -0.4 is 29.6 Å². The van der Waals surface area contributed by atoms with Gasteiger partial charge in [-0.15, -0.1) is 0 Å². The van der Waals surface area contributed by atoms with Gasteiger partial charge < -0.3 is 4.55 Å². The van der Waals surface area contributed by atoms with Gasteiger partial charge in [0.2, 0.25) is 5.54 Å². The summed E-state index contributed by atoms with van der Waals surface area (Å²) in [5.74, 6) is -0.417. The van der Waals surface area contributed by atoms with Gasteiger partial charge >= 0.3 is 35.5 Å². The second-order valence-corrected chi connectivity index (χ2v) is 7.29. The normalized spacial score (nSPS) is 35.6. The Hall–Kier alpha value is 0.280. The zero-order chi connectivity index (χ0) is 14.1. The fourth-order valence-electron chi connectivity index (χ4n) is 3.12. The van der Waals surface area contributed by atoms with Gasteiger partial charge in [-0.1, -0.05) is 18.9 Å². The van der Waals surface area contributed by atoms with Crippen LogP contribution in [0.5, 0.6) is 0 Å². The van der Waals surface area contributed by atoms with Crippen LogP contribution in [0.25, 0.3) is 0 Å². The standard InChI is InChI=1S/C13H21NO4S.Na/c1-14(10-11-19(16,17)18)12(15)13(14)8-6-4-2-3-5-7-9-13;/h6,8H,2-5,7,9-11H2,1H3;/q;+1/b8-6-;. The van der Waals surface area contributed by atoms with Gasteiger partial charge in [0, 0.05) is 6.42 Å². The fourth-order valence-corrected chi connectivity index (χ4v) is 3.71. The predicted molar refractivity (Wildman–Crippen MR) is 70.2 cm³/mol. The monoisotopic (exact) mass is 310 g/mol. The van der Waals surface area contributed by atoms with Gasteiger partial charge in [0.25, 0.3) is 0 Å². The van der Waals surface area contributed by atoms with Crippen molar-refractivity contribution in [3.05, 3.63) is 12.2 Å². The molecular formula is C13H21NNaO4S+. The van der Waals surface area contributed by atoms with Crippen molar-refractivity contribution in [2.24, 2.45) is 0 Å². The van der Waals surface area contributed by atoms with Gasteiger partial charge in [0.15, 0.2) is 0 Å². The zero-order valence-corrected chi connectivity index (χ0v) is 15.1. The molecule has 7 heteroatoms. The molecule has 108 valence electrons. The third-order valence-corrected chi connectivity index (χ3v) is 5.19. The molecule has 1 spiro atoms. The second kappa shape index (κ2) is 6.58. The van der Waals surface area contributed by atoms with Crippen LogP contribution in [0.4, 0.5) is 0 Å². The molecule has 0 saturated carbocycles. The minimum atomic E-state index is -4.26. The van der Waals surface area contributed by atoms with Crippen molar-refractivity contribution in [2.75, 3.05) is 19.3 Å². The summed E-state index contributed by atoms with van der Waals surface area (Å²) in [5.41, 5.74) is -0.560. The van der Waals surface area contributed by atoms with Gasteiger partial charge in [0.05, 0.1) is 19.3 Å². The summed E-state index contributed by atoms with van der Waals surface area (Å²) in [6.07, 6.45) is 10.1. The van der Waals surface area contributed by atoms with E-state index in [0.717, 1.165) is 32.1 Å². The topological polar surface area (TPSA) is 74.3 Å². The van der Waals surface area contributed by atoms with Crippen molar-refractivity contribution in [2.45, 2.75) is 44.1 Å². The van der Waals surface area contributed by atoms with E-state index in [-0.39, 0.29) is 46.5 Å². The quantitative estimate of drug-likeness (QED) is 0.202. The Morgan fingerprint density at radius 2 is 1.95 bits per heavy atom. The molecule has 2 aliphatic rings. The average Bonchev–Trinajstić information content (AvgIpc) is 2.76. The molecule has 2 rings (SSSR count). The van der Waals surface area contributed by atoms with Crippen molar-refractivity contribution in [3.8, 4) is 0 Å². The van der Waals surface area contributed by atoms with E-state index in [4.69, 9.17) is 0 Å². The number of likely N-dealkylation sites (N-methyl/N-ethyl adjacent to an activating group) is 1. The largest absolute Gasteiger partial charge is 1.00 e. The van der Waals surface area contributed by atoms with Crippen LogP contribution >= 0.6 is 0 Å². The first-order valence-electron chi connectivity index (χ1n) is 6.84. The maximum absolute atomic E-state index is 12.2. The van der Waals surface area contributed by atoms with Crippen molar-refractivity contribution in [1.82, 2.24) is 0 Å². The van der Waals surface area contributed by atoms with Crippen molar-refractivity contribution in [1.29, 1.82) is 0 Å². The Morgan fingerprint density at radius 1 is 1.30 bits per heavy atom. The summed E-state index contributed by atoms with van der Waals surface area (Å²) in [7, 11) is -2.52. The number of hydrogen-bond acceptors (Lipinski definition) is 4. The Bertz CT molecular complexity index is 505. The SMILES string of the molecule is C[N+]1(CCS(=O)(=O)[O-])C(=O)C12/C=C\CCCCCC2.[Na+]. The van der Waals surface area contributed by atoms with Gasteiger partial charge in [-0.2, -0.15) is 0 Å². The number of nitrogens with zero attached hydrogens (tertiary/aromatic N) is 1. The first-order chi connectivity index (χ1) is 8.82. The zero-order valence-electron chi connectivity index (χ0n) is 12.3. The van der Waals surface area contributed by atoms with Crippen LogP contribution in [0.1, 0.15) is 38.5 Å². The number of carbonyl (C=O) groups excluding carboxylic acids is 1. The maximum atomic E-state index is 12.2. The Kier molecular flexibility index (Phi) is 6.03. The molecule has 1 heterocycles.